The van der Waals surface area contributed by atoms with Crippen LogP contribution in [0.5, 0.6) is 0 Å². The summed E-state index contributed by atoms with van der Waals surface area (Å²) in [7, 11) is 0. The van der Waals surface area contributed by atoms with Gasteiger partial charge in [0, 0.05) is 36.1 Å². The second-order valence-corrected chi connectivity index (χ2v) is 11.7. The predicted octanol–water partition coefficient (Wildman–Crippen LogP) is 6.25. The fraction of sp³-hybridized carbons (Fsp3) is 0.433. The monoisotopic (exact) mass is 546 g/mol. The molecule has 0 spiro atoms. The van der Waals surface area contributed by atoms with Crippen molar-refractivity contribution < 1.29 is 9.53 Å². The van der Waals surface area contributed by atoms with Crippen LogP contribution >= 0.6 is 11.6 Å². The van der Waals surface area contributed by atoms with Crippen molar-refractivity contribution in [1.82, 2.24) is 29.7 Å². The minimum absolute atomic E-state index is 0.156. The Morgan fingerprint density at radius 2 is 1.90 bits per heavy atom. The first-order valence-corrected chi connectivity index (χ1v) is 14.0. The zero-order valence-electron chi connectivity index (χ0n) is 22.7. The van der Waals surface area contributed by atoms with Crippen LogP contribution in [0.25, 0.3) is 17.0 Å². The molecule has 8 nitrogen and oxygen atoms in total. The summed E-state index contributed by atoms with van der Waals surface area (Å²) in [5.41, 5.74) is 4.29. The highest BCUT2D eigenvalue weighted by Gasteiger charge is 2.26. The van der Waals surface area contributed by atoms with E-state index in [1.165, 1.54) is 0 Å². The summed E-state index contributed by atoms with van der Waals surface area (Å²) in [6, 6.07) is 9.97. The Bertz CT molecular complexity index is 1440. The van der Waals surface area contributed by atoms with Crippen molar-refractivity contribution in [2.45, 2.75) is 77.4 Å². The van der Waals surface area contributed by atoms with E-state index in [0.717, 1.165) is 84.1 Å². The van der Waals surface area contributed by atoms with Gasteiger partial charge in [-0.25, -0.2) is 19.7 Å². The van der Waals surface area contributed by atoms with Crippen molar-refractivity contribution >= 4 is 23.3 Å². The molecule has 0 saturated heterocycles. The number of aryl methyl sites for hydroxylation is 2. The Morgan fingerprint density at radius 3 is 2.67 bits per heavy atom. The smallest absolute Gasteiger partial charge is 0.407 e. The van der Waals surface area contributed by atoms with Crippen LogP contribution in [0, 0.1) is 5.92 Å². The third-order valence-corrected chi connectivity index (χ3v) is 7.28. The zero-order valence-corrected chi connectivity index (χ0v) is 23.5. The number of rotatable bonds is 7. The van der Waals surface area contributed by atoms with Crippen LogP contribution in [-0.4, -0.2) is 42.1 Å². The number of ether oxygens (including phenoxy) is 1. The Hall–Kier alpha value is -3.52. The third-order valence-electron chi connectivity index (χ3n) is 7.04. The Labute approximate surface area is 234 Å². The van der Waals surface area contributed by atoms with Crippen molar-refractivity contribution in [2.24, 2.45) is 5.92 Å². The van der Waals surface area contributed by atoms with Gasteiger partial charge in [-0.05, 0) is 89.0 Å². The molecule has 1 aromatic carbocycles. The maximum Gasteiger partial charge on any atom is 0.407 e. The number of hydrogen-bond donors (Lipinski definition) is 1. The topological polar surface area (TPSA) is 94.3 Å². The highest BCUT2D eigenvalue weighted by Crippen LogP contribution is 2.29. The molecule has 0 radical (unpaired) electrons. The van der Waals surface area contributed by atoms with E-state index in [1.807, 2.05) is 63.6 Å². The molecule has 4 aromatic rings. The molecular weight excluding hydrogens is 512 g/mol. The summed E-state index contributed by atoms with van der Waals surface area (Å²) >= 11 is 6.13. The second-order valence-electron chi connectivity index (χ2n) is 11.3. The zero-order chi connectivity index (χ0) is 27.4. The molecular formula is C30H35ClN6O2. The molecule has 1 N–H and O–H groups in total. The number of benzene rings is 1. The van der Waals surface area contributed by atoms with Gasteiger partial charge in [-0.1, -0.05) is 23.7 Å². The lowest BCUT2D eigenvalue weighted by Gasteiger charge is -2.30. The first-order chi connectivity index (χ1) is 18.7. The van der Waals surface area contributed by atoms with Gasteiger partial charge in [0.05, 0.1) is 23.3 Å². The largest absolute Gasteiger partial charge is 0.444 e. The number of carbonyl (C=O) groups is 1. The van der Waals surface area contributed by atoms with Gasteiger partial charge in [-0.2, -0.15) is 0 Å². The number of fused-ring (bicyclic) bond motifs is 1. The van der Waals surface area contributed by atoms with Crippen molar-refractivity contribution in [3.8, 4) is 11.4 Å². The molecule has 1 fully saturated rings. The number of nitrogens with zero attached hydrogens (tertiary/aromatic N) is 5. The molecule has 0 unspecified atom stereocenters. The van der Waals surface area contributed by atoms with E-state index in [4.69, 9.17) is 26.3 Å². The quantitative estimate of drug-likeness (QED) is 0.294. The average Bonchev–Trinajstić information content (AvgIpc) is 3.33. The highest BCUT2D eigenvalue weighted by atomic mass is 35.5. The van der Waals surface area contributed by atoms with E-state index in [9.17, 15) is 4.79 Å². The molecule has 9 heteroatoms. The number of halogens is 1. The molecule has 1 aliphatic carbocycles. The molecule has 39 heavy (non-hydrogen) atoms. The number of imidazole rings is 1. The molecule has 0 aliphatic heterocycles. The average molecular weight is 547 g/mol. The third kappa shape index (κ3) is 7.12. The molecule has 1 amide bonds. The van der Waals surface area contributed by atoms with Crippen molar-refractivity contribution in [3.63, 3.8) is 0 Å². The Balaban J connectivity index is 1.23. The summed E-state index contributed by atoms with van der Waals surface area (Å²) in [4.78, 5) is 30.9. The molecule has 0 bridgehead atoms. The Morgan fingerprint density at radius 1 is 1.08 bits per heavy atom. The van der Waals surface area contributed by atoms with Gasteiger partial charge in [-0.15, -0.1) is 0 Å². The van der Waals surface area contributed by atoms with Gasteiger partial charge >= 0.3 is 6.09 Å². The first-order valence-electron chi connectivity index (χ1n) is 13.6. The van der Waals surface area contributed by atoms with E-state index in [0.29, 0.717) is 5.92 Å². The molecule has 204 valence electrons. The van der Waals surface area contributed by atoms with Crippen LogP contribution in [0.2, 0.25) is 5.02 Å². The highest BCUT2D eigenvalue weighted by molar-refractivity contribution is 6.30. The molecule has 3 aromatic heterocycles. The molecule has 3 heterocycles. The number of alkyl carbamates (subject to hydrolysis) is 1. The second kappa shape index (κ2) is 11.7. The summed E-state index contributed by atoms with van der Waals surface area (Å²) < 4.78 is 7.48. The van der Waals surface area contributed by atoms with Crippen LogP contribution in [0.15, 0.2) is 55.1 Å². The summed E-state index contributed by atoms with van der Waals surface area (Å²) in [6.07, 6.45) is 13.4. The summed E-state index contributed by atoms with van der Waals surface area (Å²) in [5.74, 6) is 1.28. The lowest BCUT2D eigenvalue weighted by Crippen LogP contribution is -2.41. The lowest BCUT2D eigenvalue weighted by molar-refractivity contribution is 0.0487. The van der Waals surface area contributed by atoms with Crippen LogP contribution < -0.4 is 5.32 Å². The van der Waals surface area contributed by atoms with Crippen molar-refractivity contribution in [1.29, 1.82) is 0 Å². The number of amides is 1. The van der Waals surface area contributed by atoms with Crippen LogP contribution in [0.4, 0.5) is 4.79 Å². The first kappa shape index (κ1) is 27.1. The molecule has 1 saturated carbocycles. The van der Waals surface area contributed by atoms with Gasteiger partial charge < -0.3 is 10.1 Å². The van der Waals surface area contributed by atoms with Gasteiger partial charge in [0.25, 0.3) is 0 Å². The SMILES string of the molecule is CC(C)(C)OC(=O)NC1CCC(Cc2nccn3c(-c4ccnc(CCc5cccc(Cl)c5)n4)cnc23)CC1. The molecule has 1 aliphatic rings. The van der Waals surface area contributed by atoms with E-state index < -0.39 is 5.60 Å². The van der Waals surface area contributed by atoms with Gasteiger partial charge in [0.1, 0.15) is 11.4 Å². The van der Waals surface area contributed by atoms with Gasteiger partial charge in [0.2, 0.25) is 0 Å². The number of aromatic nitrogens is 5. The standard InChI is InChI=1S/C30H35ClN6O2/c1-30(2,3)39-29(38)35-23-10-7-21(8-11-23)18-25-28-34-19-26(37(28)16-15-32-25)24-13-14-33-27(36-24)12-9-20-5-4-6-22(31)17-20/h4-6,13-17,19,21,23H,7-12,18H2,1-3H3,(H,35,38). The van der Waals surface area contributed by atoms with Gasteiger partial charge in [0.15, 0.2) is 5.65 Å². The lowest BCUT2D eigenvalue weighted by atomic mass is 9.83. The van der Waals surface area contributed by atoms with E-state index in [1.54, 1.807) is 6.20 Å². The number of hydrogen-bond acceptors (Lipinski definition) is 6. The minimum atomic E-state index is -0.487. The van der Waals surface area contributed by atoms with Crippen LogP contribution in [0.3, 0.4) is 0 Å². The fourth-order valence-corrected chi connectivity index (χ4v) is 5.39. The summed E-state index contributed by atoms with van der Waals surface area (Å²) in [5, 5.41) is 3.76. The fourth-order valence-electron chi connectivity index (χ4n) is 5.18. The van der Waals surface area contributed by atoms with Crippen LogP contribution in [0.1, 0.15) is 63.5 Å². The summed E-state index contributed by atoms with van der Waals surface area (Å²) in [6.45, 7) is 5.64. The predicted molar refractivity (Wildman–Crippen MR) is 152 cm³/mol. The maximum atomic E-state index is 12.1. The van der Waals surface area contributed by atoms with Crippen molar-refractivity contribution in [2.75, 3.05) is 0 Å². The normalized spacial score (nSPS) is 17.7. The number of carbonyl (C=O) groups excluding carboxylic acids is 1. The van der Waals surface area contributed by atoms with Crippen LogP contribution in [-0.2, 0) is 24.0 Å². The minimum Gasteiger partial charge on any atom is -0.444 e. The molecule has 5 rings (SSSR count). The van der Waals surface area contributed by atoms with E-state index >= 15 is 0 Å². The van der Waals surface area contributed by atoms with Crippen molar-refractivity contribution in [3.05, 3.63) is 77.2 Å². The van der Waals surface area contributed by atoms with Gasteiger partial charge in [-0.3, -0.25) is 9.38 Å². The Kier molecular flexibility index (Phi) is 8.12. The maximum absolute atomic E-state index is 12.1. The number of nitrogens with one attached hydrogen (secondary N) is 1. The van der Waals surface area contributed by atoms with E-state index in [2.05, 4.69) is 25.8 Å². The van der Waals surface area contributed by atoms with E-state index in [-0.39, 0.29) is 12.1 Å². The molecule has 0 atom stereocenters.